The van der Waals surface area contributed by atoms with E-state index in [0.717, 1.165) is 17.4 Å². The summed E-state index contributed by atoms with van der Waals surface area (Å²) in [5, 5.41) is 6.57. The molecule has 1 atom stereocenters. The maximum atomic E-state index is 11.1. The Bertz CT molecular complexity index is 454. The average molecular weight is 323 g/mol. The Morgan fingerprint density at radius 2 is 2.00 bits per heavy atom. The standard InChI is InChI=1S/C15H19BrN2O/c16-12-3-1-10(2-4-12)11-7-14(8-11)17-9-13-5-6-15(19)18-13/h1-4,11,13-14,17H,5-9H2,(H,18,19). The summed E-state index contributed by atoms with van der Waals surface area (Å²) in [6, 6.07) is 9.61. The van der Waals surface area contributed by atoms with E-state index >= 15 is 0 Å². The Morgan fingerprint density at radius 3 is 2.63 bits per heavy atom. The molecule has 2 fully saturated rings. The van der Waals surface area contributed by atoms with Crippen LogP contribution in [0.2, 0.25) is 0 Å². The van der Waals surface area contributed by atoms with Crippen LogP contribution in [-0.2, 0) is 4.79 Å². The first-order valence-corrected chi connectivity index (χ1v) is 7.78. The first-order valence-electron chi connectivity index (χ1n) is 6.99. The number of amides is 1. The van der Waals surface area contributed by atoms with Crippen LogP contribution in [0.25, 0.3) is 0 Å². The Morgan fingerprint density at radius 1 is 1.26 bits per heavy atom. The molecule has 0 radical (unpaired) electrons. The molecule has 1 aromatic carbocycles. The predicted octanol–water partition coefficient (Wildman–Crippen LogP) is 2.56. The number of nitrogens with one attached hydrogen (secondary N) is 2. The van der Waals surface area contributed by atoms with Gasteiger partial charge in [0.2, 0.25) is 5.91 Å². The number of hydrogen-bond acceptors (Lipinski definition) is 2. The van der Waals surface area contributed by atoms with Crippen molar-refractivity contribution in [3.05, 3.63) is 34.3 Å². The third kappa shape index (κ3) is 3.18. The third-order valence-corrected chi connectivity index (χ3v) is 4.75. The van der Waals surface area contributed by atoms with Crippen molar-refractivity contribution in [3.63, 3.8) is 0 Å². The van der Waals surface area contributed by atoms with Crippen LogP contribution in [0.5, 0.6) is 0 Å². The van der Waals surface area contributed by atoms with Gasteiger partial charge >= 0.3 is 0 Å². The van der Waals surface area contributed by atoms with Gasteiger partial charge in [0, 0.05) is 29.5 Å². The molecule has 2 aliphatic rings. The van der Waals surface area contributed by atoms with Crippen molar-refractivity contribution in [2.45, 2.75) is 43.7 Å². The minimum atomic E-state index is 0.202. The number of hydrogen-bond donors (Lipinski definition) is 2. The first-order chi connectivity index (χ1) is 9.20. The van der Waals surface area contributed by atoms with Gasteiger partial charge in [-0.2, -0.15) is 0 Å². The SMILES string of the molecule is O=C1CCC(CNC2CC(c3ccc(Br)cc3)C2)N1. The number of carbonyl (C=O) groups excluding carboxylic acids is 1. The zero-order valence-electron chi connectivity index (χ0n) is 10.9. The van der Waals surface area contributed by atoms with E-state index in [1.54, 1.807) is 0 Å². The summed E-state index contributed by atoms with van der Waals surface area (Å²) in [7, 11) is 0. The molecule has 1 amide bonds. The molecular weight excluding hydrogens is 304 g/mol. The van der Waals surface area contributed by atoms with E-state index < -0.39 is 0 Å². The van der Waals surface area contributed by atoms with Crippen LogP contribution in [0, 0.1) is 0 Å². The van der Waals surface area contributed by atoms with E-state index in [-0.39, 0.29) is 5.91 Å². The second-order valence-corrected chi connectivity index (χ2v) is 6.54. The van der Waals surface area contributed by atoms with Crippen molar-refractivity contribution >= 4 is 21.8 Å². The maximum Gasteiger partial charge on any atom is 0.220 e. The van der Waals surface area contributed by atoms with Crippen molar-refractivity contribution in [1.82, 2.24) is 10.6 Å². The number of halogens is 1. The molecule has 1 aromatic rings. The second kappa shape index (κ2) is 5.63. The minimum absolute atomic E-state index is 0.202. The van der Waals surface area contributed by atoms with E-state index in [1.807, 2.05) is 0 Å². The highest BCUT2D eigenvalue weighted by atomic mass is 79.9. The van der Waals surface area contributed by atoms with Crippen LogP contribution in [0.4, 0.5) is 0 Å². The lowest BCUT2D eigenvalue weighted by atomic mass is 9.76. The molecule has 0 spiro atoms. The van der Waals surface area contributed by atoms with Gasteiger partial charge in [-0.05, 0) is 42.9 Å². The fraction of sp³-hybridized carbons (Fsp3) is 0.533. The topological polar surface area (TPSA) is 41.1 Å². The van der Waals surface area contributed by atoms with E-state index in [9.17, 15) is 4.79 Å². The van der Waals surface area contributed by atoms with Gasteiger partial charge in [0.15, 0.2) is 0 Å². The number of carbonyl (C=O) groups is 1. The fourth-order valence-electron chi connectivity index (χ4n) is 2.93. The van der Waals surface area contributed by atoms with Crippen molar-refractivity contribution in [3.8, 4) is 0 Å². The van der Waals surface area contributed by atoms with Gasteiger partial charge in [-0.1, -0.05) is 28.1 Å². The molecule has 1 saturated heterocycles. The normalized spacial score (nSPS) is 29.9. The highest BCUT2D eigenvalue weighted by Crippen LogP contribution is 2.37. The zero-order valence-corrected chi connectivity index (χ0v) is 12.4. The predicted molar refractivity (Wildman–Crippen MR) is 79.1 cm³/mol. The van der Waals surface area contributed by atoms with E-state index in [2.05, 4.69) is 50.8 Å². The number of rotatable bonds is 4. The lowest BCUT2D eigenvalue weighted by Gasteiger charge is -2.37. The Hall–Kier alpha value is -0.870. The van der Waals surface area contributed by atoms with Gasteiger partial charge in [-0.3, -0.25) is 4.79 Å². The molecular formula is C15H19BrN2O. The molecule has 1 saturated carbocycles. The molecule has 3 rings (SSSR count). The van der Waals surface area contributed by atoms with Crippen molar-refractivity contribution in [2.24, 2.45) is 0 Å². The Labute approximate surface area is 122 Å². The van der Waals surface area contributed by atoms with Gasteiger partial charge in [0.25, 0.3) is 0 Å². The zero-order chi connectivity index (χ0) is 13.2. The summed E-state index contributed by atoms with van der Waals surface area (Å²) in [6.07, 6.45) is 4.10. The number of benzene rings is 1. The second-order valence-electron chi connectivity index (χ2n) is 5.63. The molecule has 0 bridgehead atoms. The smallest absolute Gasteiger partial charge is 0.220 e. The fourth-order valence-corrected chi connectivity index (χ4v) is 3.20. The largest absolute Gasteiger partial charge is 0.352 e. The summed E-state index contributed by atoms with van der Waals surface area (Å²) < 4.78 is 1.14. The Balaban J connectivity index is 1.40. The molecule has 2 N–H and O–H groups in total. The molecule has 1 heterocycles. The minimum Gasteiger partial charge on any atom is -0.352 e. The van der Waals surface area contributed by atoms with E-state index in [0.29, 0.717) is 24.4 Å². The van der Waals surface area contributed by atoms with Gasteiger partial charge < -0.3 is 10.6 Å². The van der Waals surface area contributed by atoms with Crippen molar-refractivity contribution < 1.29 is 4.79 Å². The highest BCUT2D eigenvalue weighted by Gasteiger charge is 2.31. The lowest BCUT2D eigenvalue weighted by Crippen LogP contribution is -2.45. The molecule has 102 valence electrons. The van der Waals surface area contributed by atoms with Gasteiger partial charge in [-0.15, -0.1) is 0 Å². The first kappa shape index (κ1) is 13.1. The average Bonchev–Trinajstić information content (AvgIpc) is 2.75. The summed E-state index contributed by atoms with van der Waals surface area (Å²) >= 11 is 3.47. The van der Waals surface area contributed by atoms with Crippen LogP contribution < -0.4 is 10.6 Å². The molecule has 4 heteroatoms. The molecule has 1 unspecified atom stereocenters. The maximum absolute atomic E-state index is 11.1. The molecule has 19 heavy (non-hydrogen) atoms. The highest BCUT2D eigenvalue weighted by molar-refractivity contribution is 9.10. The van der Waals surface area contributed by atoms with E-state index in [4.69, 9.17) is 0 Å². The van der Waals surface area contributed by atoms with Gasteiger partial charge in [0.05, 0.1) is 0 Å². The van der Waals surface area contributed by atoms with Crippen LogP contribution >= 0.6 is 15.9 Å². The van der Waals surface area contributed by atoms with Crippen LogP contribution in [0.3, 0.4) is 0 Å². The summed E-state index contributed by atoms with van der Waals surface area (Å²) in [5.41, 5.74) is 1.44. The summed E-state index contributed by atoms with van der Waals surface area (Å²) in [5.74, 6) is 0.900. The van der Waals surface area contributed by atoms with Gasteiger partial charge in [0.1, 0.15) is 0 Å². The van der Waals surface area contributed by atoms with Crippen LogP contribution in [0.15, 0.2) is 28.7 Å². The Kier molecular flexibility index (Phi) is 3.89. The monoisotopic (exact) mass is 322 g/mol. The van der Waals surface area contributed by atoms with Crippen molar-refractivity contribution in [1.29, 1.82) is 0 Å². The summed E-state index contributed by atoms with van der Waals surface area (Å²) in [4.78, 5) is 11.1. The molecule has 3 nitrogen and oxygen atoms in total. The molecule has 0 aromatic heterocycles. The van der Waals surface area contributed by atoms with E-state index in [1.165, 1.54) is 18.4 Å². The van der Waals surface area contributed by atoms with Crippen molar-refractivity contribution in [2.75, 3.05) is 6.54 Å². The van der Waals surface area contributed by atoms with Gasteiger partial charge in [-0.25, -0.2) is 0 Å². The molecule has 1 aliphatic heterocycles. The summed E-state index contributed by atoms with van der Waals surface area (Å²) in [6.45, 7) is 0.920. The lowest BCUT2D eigenvalue weighted by molar-refractivity contribution is -0.119. The molecule has 1 aliphatic carbocycles. The third-order valence-electron chi connectivity index (χ3n) is 4.22. The van der Waals surface area contributed by atoms with Crippen LogP contribution in [-0.4, -0.2) is 24.5 Å². The van der Waals surface area contributed by atoms with Crippen LogP contribution in [0.1, 0.15) is 37.2 Å². The quantitative estimate of drug-likeness (QED) is 0.894.